The minimum atomic E-state index is -3.61. The Morgan fingerprint density at radius 3 is 2.87 bits per heavy atom. The van der Waals surface area contributed by atoms with Crippen molar-refractivity contribution in [3.8, 4) is 0 Å². The van der Waals surface area contributed by atoms with Gasteiger partial charge in [-0.2, -0.15) is 4.31 Å². The molecule has 5 nitrogen and oxygen atoms in total. The summed E-state index contributed by atoms with van der Waals surface area (Å²) in [6.45, 7) is 2.83. The normalized spacial score (nSPS) is 32.3. The monoisotopic (exact) mass is 423 g/mol. The van der Waals surface area contributed by atoms with Gasteiger partial charge in [-0.05, 0) is 62.6 Å². The summed E-state index contributed by atoms with van der Waals surface area (Å²) in [6.07, 6.45) is 11.2. The molecule has 2 aromatic rings. The summed E-state index contributed by atoms with van der Waals surface area (Å²) < 4.78 is 29.7. The van der Waals surface area contributed by atoms with E-state index < -0.39 is 10.0 Å². The highest BCUT2D eigenvalue weighted by Gasteiger charge is 2.48. The van der Waals surface area contributed by atoms with Crippen molar-refractivity contribution in [2.24, 2.45) is 11.8 Å². The van der Waals surface area contributed by atoms with Crippen LogP contribution in [0.5, 0.6) is 0 Å². The van der Waals surface area contributed by atoms with Crippen LogP contribution < -0.4 is 0 Å². The fraction of sp³-hybridized carbons (Fsp3) is 0.542. The van der Waals surface area contributed by atoms with Gasteiger partial charge in [-0.15, -0.1) is 0 Å². The summed E-state index contributed by atoms with van der Waals surface area (Å²) in [5, 5.41) is 0.879. The highest BCUT2D eigenvalue weighted by atomic mass is 32.2. The number of hydrogen-bond donors (Lipinski definition) is 0. The van der Waals surface area contributed by atoms with Crippen LogP contribution in [0.15, 0.2) is 53.1 Å². The Morgan fingerprint density at radius 1 is 1.03 bits per heavy atom. The Hall–Kier alpha value is -1.76. The van der Waals surface area contributed by atoms with Crippen molar-refractivity contribution >= 4 is 20.9 Å². The first kappa shape index (κ1) is 19.0. The van der Waals surface area contributed by atoms with Gasteiger partial charge < -0.3 is 0 Å². The number of aromatic nitrogens is 1. The highest BCUT2D eigenvalue weighted by Crippen LogP contribution is 2.46. The molecule has 158 valence electrons. The van der Waals surface area contributed by atoms with Crippen LogP contribution in [0.1, 0.15) is 38.5 Å². The zero-order valence-electron chi connectivity index (χ0n) is 17.3. The maximum atomic E-state index is 13.9. The van der Waals surface area contributed by atoms with E-state index in [2.05, 4.69) is 16.0 Å². The van der Waals surface area contributed by atoms with Crippen molar-refractivity contribution in [1.82, 2.24) is 14.2 Å². The number of fused-ring (bicyclic) bond motifs is 7. The van der Waals surface area contributed by atoms with E-state index in [9.17, 15) is 8.42 Å². The SMILES string of the molecule is O=S(=O)(c1cccc2cccnc12)N1CCCC2=C[C@H]3C[C@H](CN4CCCC[C@H]34)[C@@H]21. The van der Waals surface area contributed by atoms with Gasteiger partial charge in [0.25, 0.3) is 0 Å². The first-order valence-electron chi connectivity index (χ1n) is 11.4. The Kier molecular flexibility index (Phi) is 4.52. The molecule has 3 saturated heterocycles. The van der Waals surface area contributed by atoms with E-state index in [1.807, 2.05) is 28.6 Å². The highest BCUT2D eigenvalue weighted by molar-refractivity contribution is 7.89. The Morgan fingerprint density at radius 2 is 1.93 bits per heavy atom. The molecule has 0 amide bonds. The van der Waals surface area contributed by atoms with Gasteiger partial charge in [0.15, 0.2) is 0 Å². The minimum Gasteiger partial charge on any atom is -0.299 e. The van der Waals surface area contributed by atoms with Crippen LogP contribution in [0.2, 0.25) is 0 Å². The molecule has 1 aromatic carbocycles. The summed E-state index contributed by atoms with van der Waals surface area (Å²) in [7, 11) is -3.61. The minimum absolute atomic E-state index is 0.0156. The van der Waals surface area contributed by atoms with Crippen LogP contribution in [0.4, 0.5) is 0 Å². The van der Waals surface area contributed by atoms with E-state index >= 15 is 0 Å². The van der Waals surface area contributed by atoms with Gasteiger partial charge in [0.2, 0.25) is 10.0 Å². The number of benzene rings is 1. The van der Waals surface area contributed by atoms with E-state index in [1.54, 1.807) is 12.3 Å². The Labute approximate surface area is 178 Å². The maximum absolute atomic E-state index is 13.9. The smallest absolute Gasteiger partial charge is 0.245 e. The fourth-order valence-corrected chi connectivity index (χ4v) is 8.50. The standard InChI is InChI=1S/C24H29N3O2S/c28-30(29,22-10-3-6-17-7-4-11-25-23(17)22)27-13-5-8-18-14-19-15-20(24(18)27)16-26-12-2-1-9-21(19)26/h3-4,6-7,10-11,14,19-21,24H,1-2,5,8-9,12-13,15-16H2/t19-,20+,21+,24+/m0/s1. The van der Waals surface area contributed by atoms with Crippen molar-refractivity contribution in [2.75, 3.05) is 19.6 Å². The fourth-order valence-electron chi connectivity index (χ4n) is 6.60. The number of hydrogen-bond acceptors (Lipinski definition) is 4. The van der Waals surface area contributed by atoms with Gasteiger partial charge in [-0.1, -0.05) is 36.3 Å². The molecule has 0 spiro atoms. The summed E-state index contributed by atoms with van der Waals surface area (Å²) in [4.78, 5) is 7.45. The van der Waals surface area contributed by atoms with Crippen LogP contribution in [0.3, 0.4) is 0 Å². The lowest BCUT2D eigenvalue weighted by molar-refractivity contribution is 0.0149. The number of para-hydroxylation sites is 1. The number of nitrogens with zero attached hydrogens (tertiary/aromatic N) is 3. The average Bonchev–Trinajstić information content (AvgIpc) is 2.78. The third-order valence-electron chi connectivity index (χ3n) is 7.79. The second kappa shape index (κ2) is 7.14. The third kappa shape index (κ3) is 2.88. The topological polar surface area (TPSA) is 53.5 Å². The van der Waals surface area contributed by atoms with Crippen LogP contribution in [0, 0.1) is 11.8 Å². The second-order valence-corrected chi connectivity index (χ2v) is 11.3. The summed E-state index contributed by atoms with van der Waals surface area (Å²) in [6, 6.07) is 10.00. The van der Waals surface area contributed by atoms with Gasteiger partial charge >= 0.3 is 0 Å². The molecule has 0 radical (unpaired) electrons. The molecule has 4 heterocycles. The molecule has 30 heavy (non-hydrogen) atoms. The van der Waals surface area contributed by atoms with E-state index in [0.29, 0.717) is 34.8 Å². The molecule has 6 rings (SSSR count). The largest absolute Gasteiger partial charge is 0.299 e. The Balaban J connectivity index is 1.42. The van der Waals surface area contributed by atoms with Crippen molar-refractivity contribution < 1.29 is 8.42 Å². The van der Waals surface area contributed by atoms with Crippen LogP contribution in [0.25, 0.3) is 10.9 Å². The molecule has 2 bridgehead atoms. The number of sulfonamides is 1. The van der Waals surface area contributed by atoms with Gasteiger partial charge in [-0.3, -0.25) is 9.88 Å². The lowest BCUT2D eigenvalue weighted by Gasteiger charge is -2.54. The maximum Gasteiger partial charge on any atom is 0.245 e. The van der Waals surface area contributed by atoms with Crippen LogP contribution >= 0.6 is 0 Å². The van der Waals surface area contributed by atoms with Crippen LogP contribution in [-0.4, -0.2) is 54.3 Å². The summed E-state index contributed by atoms with van der Waals surface area (Å²) in [5.41, 5.74) is 1.97. The predicted octanol–water partition coefficient (Wildman–Crippen LogP) is 3.82. The zero-order chi connectivity index (χ0) is 20.3. The molecule has 6 heteroatoms. The molecule has 3 aliphatic heterocycles. The van der Waals surface area contributed by atoms with E-state index in [0.717, 1.165) is 31.2 Å². The van der Waals surface area contributed by atoms with Gasteiger partial charge in [-0.25, -0.2) is 8.42 Å². The molecule has 4 aliphatic rings. The van der Waals surface area contributed by atoms with E-state index in [4.69, 9.17) is 0 Å². The molecule has 4 atom stereocenters. The summed E-state index contributed by atoms with van der Waals surface area (Å²) in [5.74, 6) is 1.01. The van der Waals surface area contributed by atoms with Crippen molar-refractivity contribution in [1.29, 1.82) is 0 Å². The lowest BCUT2D eigenvalue weighted by Crippen LogP contribution is -2.59. The third-order valence-corrected chi connectivity index (χ3v) is 9.71. The van der Waals surface area contributed by atoms with Gasteiger partial charge in [0.1, 0.15) is 4.90 Å². The number of pyridine rings is 1. The van der Waals surface area contributed by atoms with E-state index in [-0.39, 0.29) is 6.04 Å². The number of piperidine rings is 3. The molecule has 0 saturated carbocycles. The second-order valence-electron chi connectivity index (χ2n) is 9.45. The Bertz CT molecular complexity index is 1110. The van der Waals surface area contributed by atoms with Crippen molar-refractivity contribution in [3.05, 3.63) is 48.2 Å². The number of rotatable bonds is 2. The van der Waals surface area contributed by atoms with Gasteiger partial charge in [0, 0.05) is 30.7 Å². The van der Waals surface area contributed by atoms with Crippen LogP contribution in [-0.2, 0) is 10.0 Å². The molecule has 1 aliphatic carbocycles. The van der Waals surface area contributed by atoms with Crippen molar-refractivity contribution in [2.45, 2.75) is 55.5 Å². The lowest BCUT2D eigenvalue weighted by atomic mass is 9.68. The first-order chi connectivity index (χ1) is 14.6. The summed E-state index contributed by atoms with van der Waals surface area (Å²) >= 11 is 0. The van der Waals surface area contributed by atoms with Crippen molar-refractivity contribution in [3.63, 3.8) is 0 Å². The average molecular weight is 424 g/mol. The van der Waals surface area contributed by atoms with Gasteiger partial charge in [0.05, 0.1) is 11.6 Å². The zero-order valence-corrected chi connectivity index (χ0v) is 18.1. The molecule has 0 N–H and O–H groups in total. The first-order valence-corrected chi connectivity index (χ1v) is 12.9. The molecular weight excluding hydrogens is 394 g/mol. The predicted molar refractivity (Wildman–Crippen MR) is 118 cm³/mol. The molecule has 0 unspecified atom stereocenters. The van der Waals surface area contributed by atoms with E-state index in [1.165, 1.54) is 31.4 Å². The molecule has 3 fully saturated rings. The quantitative estimate of drug-likeness (QED) is 0.689. The molecular formula is C24H29N3O2S. The molecule has 1 aromatic heterocycles.